The molecule has 1 aromatic heterocycles. The second-order valence-corrected chi connectivity index (χ2v) is 9.67. The third kappa shape index (κ3) is 5.57. The third-order valence-electron chi connectivity index (χ3n) is 4.25. The van der Waals surface area contributed by atoms with Crippen LogP contribution in [0.25, 0.3) is 6.08 Å². The van der Waals surface area contributed by atoms with Crippen LogP contribution in [0.15, 0.2) is 59.0 Å². The van der Waals surface area contributed by atoms with E-state index in [4.69, 9.17) is 4.18 Å². The lowest BCUT2D eigenvalue weighted by Crippen LogP contribution is -2.13. The standard InChI is InChI=1S/C22H20N4O4S2/c1-14(2)21-25-26-22(31-21)24-20(27)17(13-23)12-16-6-4-5-7-19(16)30-32(28,29)18-10-8-15(3)9-11-18/h4-12,14H,1-3H3,(H,24,26,27)/b17-12-. The van der Waals surface area contributed by atoms with Gasteiger partial charge in [-0.1, -0.05) is 61.1 Å². The van der Waals surface area contributed by atoms with Crippen LogP contribution in [-0.4, -0.2) is 24.5 Å². The summed E-state index contributed by atoms with van der Waals surface area (Å²) in [5.74, 6) is -0.537. The Morgan fingerprint density at radius 2 is 1.84 bits per heavy atom. The number of nitrogens with zero attached hydrogens (tertiary/aromatic N) is 3. The van der Waals surface area contributed by atoms with Crippen molar-refractivity contribution in [2.45, 2.75) is 31.6 Å². The molecule has 10 heteroatoms. The zero-order valence-electron chi connectivity index (χ0n) is 17.6. The van der Waals surface area contributed by atoms with E-state index in [1.165, 1.54) is 35.6 Å². The predicted octanol–water partition coefficient (Wildman–Crippen LogP) is 4.28. The number of hydrogen-bond donors (Lipinski definition) is 1. The molecule has 3 rings (SSSR count). The fourth-order valence-electron chi connectivity index (χ4n) is 2.53. The van der Waals surface area contributed by atoms with Gasteiger partial charge in [-0.05, 0) is 31.2 Å². The first-order chi connectivity index (χ1) is 15.2. The summed E-state index contributed by atoms with van der Waals surface area (Å²) in [5, 5.41) is 20.9. The van der Waals surface area contributed by atoms with Gasteiger partial charge >= 0.3 is 10.1 Å². The van der Waals surface area contributed by atoms with Crippen LogP contribution in [0.2, 0.25) is 0 Å². The average molecular weight is 469 g/mol. The van der Waals surface area contributed by atoms with Crippen molar-refractivity contribution in [3.63, 3.8) is 0 Å². The van der Waals surface area contributed by atoms with Gasteiger partial charge < -0.3 is 4.18 Å². The van der Waals surface area contributed by atoms with E-state index in [9.17, 15) is 18.5 Å². The fourth-order valence-corrected chi connectivity index (χ4v) is 4.23. The summed E-state index contributed by atoms with van der Waals surface area (Å²) in [4.78, 5) is 12.6. The summed E-state index contributed by atoms with van der Waals surface area (Å²) < 4.78 is 30.6. The predicted molar refractivity (Wildman–Crippen MR) is 122 cm³/mol. The first kappa shape index (κ1) is 23.1. The number of aromatic nitrogens is 2. The molecule has 0 radical (unpaired) electrons. The van der Waals surface area contributed by atoms with Gasteiger partial charge in [-0.25, -0.2) is 0 Å². The Hall–Kier alpha value is -3.55. The van der Waals surface area contributed by atoms with E-state index in [1.54, 1.807) is 30.3 Å². The molecular weight excluding hydrogens is 448 g/mol. The van der Waals surface area contributed by atoms with Crippen molar-refractivity contribution in [3.8, 4) is 11.8 Å². The van der Waals surface area contributed by atoms with E-state index < -0.39 is 16.0 Å². The van der Waals surface area contributed by atoms with Crippen molar-refractivity contribution >= 4 is 38.6 Å². The molecule has 1 amide bonds. The number of nitrogens with one attached hydrogen (secondary N) is 1. The highest BCUT2D eigenvalue weighted by atomic mass is 32.2. The Morgan fingerprint density at radius 1 is 1.16 bits per heavy atom. The highest BCUT2D eigenvalue weighted by Gasteiger charge is 2.19. The van der Waals surface area contributed by atoms with Crippen molar-refractivity contribution < 1.29 is 17.4 Å². The van der Waals surface area contributed by atoms with Crippen LogP contribution in [-0.2, 0) is 14.9 Å². The molecule has 8 nitrogen and oxygen atoms in total. The van der Waals surface area contributed by atoms with Gasteiger partial charge in [0.2, 0.25) is 5.13 Å². The Kier molecular flexibility index (Phi) is 7.02. The lowest BCUT2D eigenvalue weighted by atomic mass is 10.1. The van der Waals surface area contributed by atoms with Crippen molar-refractivity contribution in [1.82, 2.24) is 10.2 Å². The Morgan fingerprint density at radius 3 is 2.47 bits per heavy atom. The van der Waals surface area contributed by atoms with Crippen molar-refractivity contribution in [1.29, 1.82) is 5.26 Å². The molecule has 0 saturated carbocycles. The first-order valence-electron chi connectivity index (χ1n) is 9.56. The summed E-state index contributed by atoms with van der Waals surface area (Å²) in [7, 11) is -4.10. The van der Waals surface area contributed by atoms with Gasteiger partial charge in [0.15, 0.2) is 0 Å². The highest BCUT2D eigenvalue weighted by Crippen LogP contribution is 2.26. The molecule has 3 aromatic rings. The number of nitriles is 1. The topological polar surface area (TPSA) is 122 Å². The maximum Gasteiger partial charge on any atom is 0.339 e. The quantitative estimate of drug-likeness (QED) is 0.312. The molecule has 2 aromatic carbocycles. The van der Waals surface area contributed by atoms with Crippen LogP contribution in [0.3, 0.4) is 0 Å². The molecule has 0 atom stereocenters. The van der Waals surface area contributed by atoms with Crippen molar-refractivity contribution in [2.24, 2.45) is 0 Å². The molecular formula is C22H20N4O4S2. The molecule has 0 saturated heterocycles. The maximum atomic E-state index is 12.7. The number of benzene rings is 2. The number of carbonyl (C=O) groups excluding carboxylic acids is 1. The third-order valence-corrected chi connectivity index (χ3v) is 6.64. The van der Waals surface area contributed by atoms with Crippen molar-refractivity contribution in [3.05, 3.63) is 70.2 Å². The molecule has 32 heavy (non-hydrogen) atoms. The minimum Gasteiger partial charge on any atom is -0.378 e. The Balaban J connectivity index is 1.86. The molecule has 0 aliphatic heterocycles. The normalized spacial score (nSPS) is 11.8. The van der Waals surface area contributed by atoms with Gasteiger partial charge in [0, 0.05) is 11.5 Å². The molecule has 0 fully saturated rings. The van der Waals surface area contributed by atoms with Crippen LogP contribution >= 0.6 is 11.3 Å². The van der Waals surface area contributed by atoms with Gasteiger partial charge in [-0.2, -0.15) is 13.7 Å². The summed E-state index contributed by atoms with van der Waals surface area (Å²) in [6.45, 7) is 5.75. The van der Waals surface area contributed by atoms with E-state index >= 15 is 0 Å². The van der Waals surface area contributed by atoms with Gasteiger partial charge in [-0.3, -0.25) is 10.1 Å². The molecule has 0 bridgehead atoms. The molecule has 0 spiro atoms. The zero-order valence-corrected chi connectivity index (χ0v) is 19.2. The summed E-state index contributed by atoms with van der Waals surface area (Å²) in [6.07, 6.45) is 1.26. The lowest BCUT2D eigenvalue weighted by molar-refractivity contribution is -0.112. The van der Waals surface area contributed by atoms with E-state index in [0.717, 1.165) is 10.6 Å². The second-order valence-electron chi connectivity index (χ2n) is 7.11. The minimum atomic E-state index is -4.10. The van der Waals surface area contributed by atoms with E-state index in [2.05, 4.69) is 15.5 Å². The number of carbonyl (C=O) groups is 1. The summed E-state index contributed by atoms with van der Waals surface area (Å²) in [6, 6.07) is 14.3. The second kappa shape index (κ2) is 9.72. The van der Waals surface area contributed by atoms with E-state index in [-0.39, 0.29) is 32.8 Å². The lowest BCUT2D eigenvalue weighted by Gasteiger charge is -2.10. The van der Waals surface area contributed by atoms with Gasteiger partial charge in [-0.15, -0.1) is 10.2 Å². The number of aryl methyl sites for hydroxylation is 1. The van der Waals surface area contributed by atoms with Crippen molar-refractivity contribution in [2.75, 3.05) is 5.32 Å². The van der Waals surface area contributed by atoms with Crippen LogP contribution < -0.4 is 9.50 Å². The van der Waals surface area contributed by atoms with Crippen LogP contribution in [0, 0.1) is 18.3 Å². The molecule has 0 aliphatic carbocycles. The Bertz CT molecular complexity index is 1300. The molecule has 164 valence electrons. The largest absolute Gasteiger partial charge is 0.378 e. The molecule has 0 unspecified atom stereocenters. The van der Waals surface area contributed by atoms with Crippen LogP contribution in [0.4, 0.5) is 5.13 Å². The Labute approximate surface area is 190 Å². The van der Waals surface area contributed by atoms with Gasteiger partial charge in [0.05, 0.1) is 0 Å². The van der Waals surface area contributed by atoms with E-state index in [1.807, 2.05) is 26.8 Å². The number of anilines is 1. The molecule has 1 heterocycles. The minimum absolute atomic E-state index is 0.00245. The van der Waals surface area contributed by atoms with Gasteiger partial charge in [0.25, 0.3) is 5.91 Å². The maximum absolute atomic E-state index is 12.7. The van der Waals surface area contributed by atoms with Crippen LogP contribution in [0.1, 0.15) is 35.9 Å². The van der Waals surface area contributed by atoms with Crippen LogP contribution in [0.5, 0.6) is 5.75 Å². The summed E-state index contributed by atoms with van der Waals surface area (Å²) >= 11 is 1.22. The number of para-hydroxylation sites is 1. The van der Waals surface area contributed by atoms with E-state index in [0.29, 0.717) is 0 Å². The monoisotopic (exact) mass is 468 g/mol. The number of hydrogen-bond acceptors (Lipinski definition) is 8. The number of rotatable bonds is 7. The fraction of sp³-hybridized carbons (Fsp3) is 0.182. The highest BCUT2D eigenvalue weighted by molar-refractivity contribution is 7.87. The molecule has 0 aliphatic rings. The smallest absolute Gasteiger partial charge is 0.339 e. The van der Waals surface area contributed by atoms with Gasteiger partial charge in [0.1, 0.15) is 27.3 Å². The zero-order chi connectivity index (χ0) is 23.3. The average Bonchev–Trinajstić information content (AvgIpc) is 3.22. The molecule has 1 N–H and O–H groups in total. The first-order valence-corrected chi connectivity index (χ1v) is 11.8. The summed E-state index contributed by atoms with van der Waals surface area (Å²) in [5.41, 5.74) is 0.929. The number of amides is 1. The SMILES string of the molecule is Cc1ccc(S(=O)(=O)Oc2ccccc2/C=C(/C#N)C(=O)Nc2nnc(C(C)C)s2)cc1.